The molecule has 1 aromatic carbocycles. The summed E-state index contributed by atoms with van der Waals surface area (Å²) >= 11 is 13.4. The van der Waals surface area contributed by atoms with Crippen LogP contribution >= 0.6 is 34.5 Å². The summed E-state index contributed by atoms with van der Waals surface area (Å²) in [5, 5.41) is 1.07. The van der Waals surface area contributed by atoms with Crippen LogP contribution in [0.1, 0.15) is 29.4 Å². The highest BCUT2D eigenvalue weighted by Crippen LogP contribution is 2.33. The molecule has 0 aliphatic carbocycles. The van der Waals surface area contributed by atoms with E-state index in [9.17, 15) is 4.79 Å². The second kappa shape index (κ2) is 5.87. The SMILES string of the molecule is CCCC(=O)c1ccc(-c2ccc(Cl)c(Cl)c2)s1. The van der Waals surface area contributed by atoms with Crippen molar-refractivity contribution in [3.8, 4) is 10.4 Å². The fourth-order valence-electron chi connectivity index (χ4n) is 1.64. The Morgan fingerprint density at radius 1 is 1.17 bits per heavy atom. The molecule has 2 aromatic rings. The Kier molecular flexibility index (Phi) is 4.44. The number of rotatable bonds is 4. The molecule has 4 heteroatoms. The molecule has 0 amide bonds. The number of thiophene rings is 1. The first-order valence-electron chi connectivity index (χ1n) is 5.70. The van der Waals surface area contributed by atoms with Gasteiger partial charge in [0.25, 0.3) is 0 Å². The molecule has 0 bridgehead atoms. The van der Waals surface area contributed by atoms with Crippen molar-refractivity contribution in [2.24, 2.45) is 0 Å². The van der Waals surface area contributed by atoms with E-state index in [0.29, 0.717) is 16.5 Å². The Morgan fingerprint density at radius 3 is 2.61 bits per heavy atom. The molecule has 0 N–H and O–H groups in total. The van der Waals surface area contributed by atoms with Crippen LogP contribution in [0.25, 0.3) is 10.4 Å². The highest BCUT2D eigenvalue weighted by atomic mass is 35.5. The summed E-state index contributed by atoms with van der Waals surface area (Å²) in [5.41, 5.74) is 0.991. The molecule has 18 heavy (non-hydrogen) atoms. The lowest BCUT2D eigenvalue weighted by Crippen LogP contribution is -1.93. The van der Waals surface area contributed by atoms with Crippen LogP contribution in [0, 0.1) is 0 Å². The Morgan fingerprint density at radius 2 is 1.94 bits per heavy atom. The van der Waals surface area contributed by atoms with Gasteiger partial charge in [-0.25, -0.2) is 0 Å². The average Bonchev–Trinajstić information content (AvgIpc) is 2.82. The van der Waals surface area contributed by atoms with Crippen molar-refractivity contribution in [3.63, 3.8) is 0 Å². The van der Waals surface area contributed by atoms with E-state index in [-0.39, 0.29) is 5.78 Å². The van der Waals surface area contributed by atoms with Gasteiger partial charge in [-0.1, -0.05) is 36.2 Å². The number of halogens is 2. The van der Waals surface area contributed by atoms with Crippen molar-refractivity contribution < 1.29 is 4.79 Å². The van der Waals surface area contributed by atoms with Crippen molar-refractivity contribution in [3.05, 3.63) is 45.3 Å². The third-order valence-electron chi connectivity index (χ3n) is 2.56. The Balaban J connectivity index is 2.29. The lowest BCUT2D eigenvalue weighted by atomic mass is 10.2. The summed E-state index contributed by atoms with van der Waals surface area (Å²) < 4.78 is 0. The number of benzene rings is 1. The molecule has 0 atom stereocenters. The second-order valence-electron chi connectivity index (χ2n) is 3.97. The molecule has 2 rings (SSSR count). The van der Waals surface area contributed by atoms with E-state index in [4.69, 9.17) is 23.2 Å². The van der Waals surface area contributed by atoms with Crippen LogP contribution in [-0.2, 0) is 0 Å². The number of Topliss-reactive ketones (excluding diaryl/α,β-unsaturated/α-hetero) is 1. The molecule has 0 saturated carbocycles. The standard InChI is InChI=1S/C14H12Cl2OS/c1-2-3-12(17)14-7-6-13(18-14)9-4-5-10(15)11(16)8-9/h4-8H,2-3H2,1H3. The first-order valence-corrected chi connectivity index (χ1v) is 7.27. The van der Waals surface area contributed by atoms with Crippen molar-refractivity contribution in [2.45, 2.75) is 19.8 Å². The van der Waals surface area contributed by atoms with Crippen LogP contribution in [0.5, 0.6) is 0 Å². The van der Waals surface area contributed by atoms with Crippen molar-refractivity contribution in [2.75, 3.05) is 0 Å². The summed E-state index contributed by atoms with van der Waals surface area (Å²) in [6, 6.07) is 9.33. The van der Waals surface area contributed by atoms with Gasteiger partial charge in [-0.15, -0.1) is 11.3 Å². The summed E-state index contributed by atoms with van der Waals surface area (Å²) in [4.78, 5) is 13.6. The molecule has 94 valence electrons. The van der Waals surface area contributed by atoms with Gasteiger partial charge < -0.3 is 0 Å². The van der Waals surface area contributed by atoms with Crippen molar-refractivity contribution >= 4 is 40.3 Å². The number of hydrogen-bond donors (Lipinski definition) is 0. The lowest BCUT2D eigenvalue weighted by molar-refractivity contribution is 0.0985. The summed E-state index contributed by atoms with van der Waals surface area (Å²) in [6.45, 7) is 2.01. The van der Waals surface area contributed by atoms with Crippen LogP contribution in [0.15, 0.2) is 30.3 Å². The maximum Gasteiger partial charge on any atom is 0.172 e. The van der Waals surface area contributed by atoms with Gasteiger partial charge in [0.1, 0.15) is 0 Å². The largest absolute Gasteiger partial charge is 0.293 e. The van der Waals surface area contributed by atoms with Crippen LogP contribution in [0.3, 0.4) is 0 Å². The molecule has 0 aliphatic rings. The van der Waals surface area contributed by atoms with Crippen LogP contribution < -0.4 is 0 Å². The molecule has 0 saturated heterocycles. The van der Waals surface area contributed by atoms with Crippen LogP contribution in [0.2, 0.25) is 10.0 Å². The van der Waals surface area contributed by atoms with E-state index >= 15 is 0 Å². The van der Waals surface area contributed by atoms with E-state index in [1.807, 2.05) is 31.2 Å². The highest BCUT2D eigenvalue weighted by molar-refractivity contribution is 7.17. The molecule has 1 nitrogen and oxygen atoms in total. The van der Waals surface area contributed by atoms with Crippen molar-refractivity contribution in [1.29, 1.82) is 0 Å². The first-order chi connectivity index (χ1) is 8.61. The third kappa shape index (κ3) is 2.94. The number of ketones is 1. The minimum absolute atomic E-state index is 0.203. The first kappa shape index (κ1) is 13.6. The molecular weight excluding hydrogens is 287 g/mol. The zero-order valence-electron chi connectivity index (χ0n) is 9.87. The molecule has 0 aliphatic heterocycles. The van der Waals surface area contributed by atoms with Gasteiger partial charge in [-0.2, -0.15) is 0 Å². The molecule has 0 radical (unpaired) electrons. The van der Waals surface area contributed by atoms with Crippen molar-refractivity contribution in [1.82, 2.24) is 0 Å². The van der Waals surface area contributed by atoms with Crippen LogP contribution in [-0.4, -0.2) is 5.78 Å². The predicted molar refractivity (Wildman–Crippen MR) is 79.0 cm³/mol. The molecule has 1 aromatic heterocycles. The van der Waals surface area contributed by atoms with Gasteiger partial charge in [0.2, 0.25) is 0 Å². The molecular formula is C14H12Cl2OS. The maximum atomic E-state index is 11.8. The molecule has 0 spiro atoms. The van der Waals surface area contributed by atoms with E-state index in [1.54, 1.807) is 6.07 Å². The number of carbonyl (C=O) groups excluding carboxylic acids is 1. The minimum Gasteiger partial charge on any atom is -0.293 e. The molecule has 1 heterocycles. The zero-order valence-corrected chi connectivity index (χ0v) is 12.2. The highest BCUT2D eigenvalue weighted by Gasteiger charge is 2.10. The fourth-order valence-corrected chi connectivity index (χ4v) is 2.91. The lowest BCUT2D eigenvalue weighted by Gasteiger charge is -2.00. The second-order valence-corrected chi connectivity index (χ2v) is 5.86. The van der Waals surface area contributed by atoms with Gasteiger partial charge in [-0.05, 0) is 36.2 Å². The van der Waals surface area contributed by atoms with Gasteiger partial charge in [-0.3, -0.25) is 4.79 Å². The Labute approximate surface area is 120 Å². The van der Waals surface area contributed by atoms with Gasteiger partial charge in [0.15, 0.2) is 5.78 Å². The van der Waals surface area contributed by atoms with Gasteiger partial charge in [0.05, 0.1) is 14.9 Å². The summed E-state index contributed by atoms with van der Waals surface area (Å²) in [5.74, 6) is 0.203. The quantitative estimate of drug-likeness (QED) is 0.661. The zero-order chi connectivity index (χ0) is 13.1. The topological polar surface area (TPSA) is 17.1 Å². The fraction of sp³-hybridized carbons (Fsp3) is 0.214. The van der Waals surface area contributed by atoms with E-state index in [0.717, 1.165) is 21.7 Å². The number of carbonyl (C=O) groups is 1. The number of hydrogen-bond acceptors (Lipinski definition) is 2. The maximum absolute atomic E-state index is 11.8. The Bertz CT molecular complexity index is 575. The third-order valence-corrected chi connectivity index (χ3v) is 4.48. The predicted octanol–water partition coefficient (Wildman–Crippen LogP) is 5.70. The Hall–Kier alpha value is -0.830. The van der Waals surface area contributed by atoms with E-state index < -0.39 is 0 Å². The van der Waals surface area contributed by atoms with E-state index in [2.05, 4.69) is 0 Å². The van der Waals surface area contributed by atoms with Gasteiger partial charge in [0, 0.05) is 11.3 Å². The van der Waals surface area contributed by atoms with E-state index in [1.165, 1.54) is 11.3 Å². The summed E-state index contributed by atoms with van der Waals surface area (Å²) in [7, 11) is 0. The smallest absolute Gasteiger partial charge is 0.172 e. The summed E-state index contributed by atoms with van der Waals surface area (Å²) in [6.07, 6.45) is 1.47. The monoisotopic (exact) mass is 298 g/mol. The molecule has 0 fully saturated rings. The normalized spacial score (nSPS) is 10.6. The minimum atomic E-state index is 0.203. The van der Waals surface area contributed by atoms with Gasteiger partial charge >= 0.3 is 0 Å². The molecule has 0 unspecified atom stereocenters. The van der Waals surface area contributed by atoms with Crippen LogP contribution in [0.4, 0.5) is 0 Å². The average molecular weight is 299 g/mol.